The van der Waals surface area contributed by atoms with Crippen LogP contribution in [0, 0.1) is 18.8 Å². The summed E-state index contributed by atoms with van der Waals surface area (Å²) < 4.78 is 0. The molecule has 3 aliphatic heterocycles. The van der Waals surface area contributed by atoms with Crippen LogP contribution < -0.4 is 0 Å². The van der Waals surface area contributed by atoms with Crippen LogP contribution in [0.25, 0.3) is 10.9 Å². The predicted molar refractivity (Wildman–Crippen MR) is 111 cm³/mol. The third kappa shape index (κ3) is 3.51. The van der Waals surface area contributed by atoms with Gasteiger partial charge in [-0.25, -0.2) is 0 Å². The predicted octanol–water partition coefficient (Wildman–Crippen LogP) is 4.43. The second-order valence-corrected chi connectivity index (χ2v) is 9.35. The molecule has 140 valence electrons. The number of pyridine rings is 1. The van der Waals surface area contributed by atoms with Crippen molar-refractivity contribution in [2.45, 2.75) is 45.3 Å². The highest BCUT2D eigenvalue weighted by molar-refractivity contribution is 7.99. The largest absolute Gasteiger partial charge is 0.387 e. The van der Waals surface area contributed by atoms with Gasteiger partial charge in [0.1, 0.15) is 0 Å². The Labute approximate surface area is 161 Å². The van der Waals surface area contributed by atoms with Crippen molar-refractivity contribution in [2.24, 2.45) is 11.8 Å². The maximum absolute atomic E-state index is 11.3. The van der Waals surface area contributed by atoms with Crippen molar-refractivity contribution < 1.29 is 5.11 Å². The molecule has 0 amide bonds. The van der Waals surface area contributed by atoms with Crippen LogP contribution in [0.5, 0.6) is 0 Å². The number of fused-ring (bicyclic) bond motifs is 4. The first-order valence-electron chi connectivity index (χ1n) is 10.0. The van der Waals surface area contributed by atoms with Gasteiger partial charge in [0.25, 0.3) is 0 Å². The Bertz CT molecular complexity index is 765. The van der Waals surface area contributed by atoms with Crippen molar-refractivity contribution in [3.63, 3.8) is 0 Å². The number of piperidine rings is 3. The average Bonchev–Trinajstić information content (AvgIpc) is 2.67. The van der Waals surface area contributed by atoms with Crippen LogP contribution in [0.2, 0.25) is 0 Å². The maximum Gasteiger partial charge on any atom is 0.0952 e. The molecule has 2 bridgehead atoms. The second-order valence-electron chi connectivity index (χ2n) is 7.96. The Morgan fingerprint density at radius 2 is 2.23 bits per heavy atom. The highest BCUT2D eigenvalue weighted by Gasteiger charge is 2.42. The number of thioether (sulfide) groups is 1. The van der Waals surface area contributed by atoms with Crippen molar-refractivity contribution in [3.8, 4) is 0 Å². The number of rotatable bonds is 6. The molecule has 3 nitrogen and oxygen atoms in total. The van der Waals surface area contributed by atoms with Gasteiger partial charge in [-0.1, -0.05) is 18.6 Å². The van der Waals surface area contributed by atoms with E-state index in [4.69, 9.17) is 0 Å². The van der Waals surface area contributed by atoms with Crippen molar-refractivity contribution in [1.82, 2.24) is 9.88 Å². The summed E-state index contributed by atoms with van der Waals surface area (Å²) in [6, 6.07) is 8.61. The zero-order chi connectivity index (χ0) is 18.1. The van der Waals surface area contributed by atoms with Crippen LogP contribution in [0.15, 0.2) is 30.5 Å². The number of aromatic nitrogens is 1. The van der Waals surface area contributed by atoms with E-state index in [-0.39, 0.29) is 6.04 Å². The first kappa shape index (κ1) is 18.3. The van der Waals surface area contributed by atoms with Crippen LogP contribution in [0.3, 0.4) is 0 Å². The summed E-state index contributed by atoms with van der Waals surface area (Å²) in [6.07, 6.45) is 5.20. The summed E-state index contributed by atoms with van der Waals surface area (Å²) >= 11 is 2.06. The van der Waals surface area contributed by atoms with Crippen molar-refractivity contribution in [3.05, 3.63) is 41.6 Å². The van der Waals surface area contributed by atoms with E-state index in [1.165, 1.54) is 36.5 Å². The zero-order valence-corrected chi connectivity index (χ0v) is 16.7. The van der Waals surface area contributed by atoms with Gasteiger partial charge in [0.2, 0.25) is 0 Å². The van der Waals surface area contributed by atoms with Gasteiger partial charge in [0.15, 0.2) is 0 Å². The summed E-state index contributed by atoms with van der Waals surface area (Å²) in [5.41, 5.74) is 3.25. The number of hydrogen-bond acceptors (Lipinski definition) is 4. The third-order valence-corrected chi connectivity index (χ3v) is 7.32. The van der Waals surface area contributed by atoms with E-state index < -0.39 is 6.10 Å². The first-order valence-corrected chi connectivity index (χ1v) is 11.2. The van der Waals surface area contributed by atoms with E-state index >= 15 is 0 Å². The minimum Gasteiger partial charge on any atom is -0.387 e. The highest BCUT2D eigenvalue weighted by atomic mass is 32.2. The molecule has 4 heteroatoms. The zero-order valence-electron chi connectivity index (χ0n) is 15.9. The Hall–Kier alpha value is -1.10. The lowest BCUT2D eigenvalue weighted by molar-refractivity contribution is -0.0559. The fourth-order valence-corrected chi connectivity index (χ4v) is 5.72. The molecule has 0 aliphatic carbocycles. The number of hydrogen-bond donors (Lipinski definition) is 1. The number of benzene rings is 1. The fourth-order valence-electron chi connectivity index (χ4n) is 4.96. The summed E-state index contributed by atoms with van der Waals surface area (Å²) in [6.45, 7) is 6.66. The summed E-state index contributed by atoms with van der Waals surface area (Å²) in [7, 11) is 0. The molecule has 5 atom stereocenters. The van der Waals surface area contributed by atoms with Crippen LogP contribution in [0.4, 0.5) is 0 Å². The molecule has 0 radical (unpaired) electrons. The van der Waals surface area contributed by atoms with E-state index in [0.717, 1.165) is 41.3 Å². The number of nitrogens with zero attached hydrogens (tertiary/aromatic N) is 2. The molecule has 4 unspecified atom stereocenters. The lowest BCUT2D eigenvalue weighted by atomic mass is 9.72. The molecule has 3 saturated heterocycles. The maximum atomic E-state index is 11.3. The molecule has 2 aromatic rings. The molecule has 3 aliphatic rings. The van der Waals surface area contributed by atoms with Gasteiger partial charge in [-0.05, 0) is 79.8 Å². The minimum atomic E-state index is -0.420. The van der Waals surface area contributed by atoms with Gasteiger partial charge in [-0.2, -0.15) is 11.8 Å². The van der Waals surface area contributed by atoms with Gasteiger partial charge in [0, 0.05) is 24.2 Å². The lowest BCUT2D eigenvalue weighted by Crippen LogP contribution is -2.55. The standard InChI is InChI=1S/C22H30N2OS/c1-3-26-11-8-17-14-24-10-7-16(17)13-21(24)22(25)18-6-9-23-20-5-4-15(2)12-19(18)20/h4-6,9,12,16-17,21-22,25H,3,7-8,10-11,13-14H2,1-2H3/t16?,17?,21?,22-/m1/s1. The Morgan fingerprint density at radius 3 is 3.00 bits per heavy atom. The lowest BCUT2D eigenvalue weighted by Gasteiger charge is -2.51. The van der Waals surface area contributed by atoms with Gasteiger partial charge in [-0.15, -0.1) is 0 Å². The molecule has 0 saturated carbocycles. The van der Waals surface area contributed by atoms with E-state index in [9.17, 15) is 5.11 Å². The smallest absolute Gasteiger partial charge is 0.0952 e. The normalized spacial score (nSPS) is 29.2. The van der Waals surface area contributed by atoms with E-state index in [0.29, 0.717) is 0 Å². The second kappa shape index (κ2) is 7.87. The van der Waals surface area contributed by atoms with Crippen LogP contribution in [-0.2, 0) is 0 Å². The monoisotopic (exact) mass is 370 g/mol. The molecule has 1 aromatic heterocycles. The van der Waals surface area contributed by atoms with Crippen LogP contribution >= 0.6 is 11.8 Å². The quantitative estimate of drug-likeness (QED) is 0.763. The summed E-state index contributed by atoms with van der Waals surface area (Å²) in [4.78, 5) is 7.05. The van der Waals surface area contributed by atoms with Crippen molar-refractivity contribution in [1.29, 1.82) is 0 Å². The van der Waals surface area contributed by atoms with Gasteiger partial charge >= 0.3 is 0 Å². The number of aliphatic hydroxyl groups is 1. The van der Waals surface area contributed by atoms with Crippen LogP contribution in [-0.4, -0.2) is 45.6 Å². The molecule has 4 heterocycles. The van der Waals surface area contributed by atoms with Gasteiger partial charge in [-0.3, -0.25) is 9.88 Å². The van der Waals surface area contributed by atoms with E-state index in [2.05, 4.69) is 53.7 Å². The minimum absolute atomic E-state index is 0.259. The SMILES string of the molecule is CCSCCC1CN2CCC1CC2[C@H](O)c1ccnc2ccc(C)cc12. The van der Waals surface area contributed by atoms with Gasteiger partial charge < -0.3 is 5.11 Å². The number of aliphatic hydroxyl groups excluding tert-OH is 1. The molecule has 0 spiro atoms. The van der Waals surface area contributed by atoms with Crippen molar-refractivity contribution in [2.75, 3.05) is 24.6 Å². The Kier molecular flexibility index (Phi) is 5.53. The topological polar surface area (TPSA) is 36.4 Å². The average molecular weight is 371 g/mol. The number of aryl methyl sites for hydroxylation is 1. The van der Waals surface area contributed by atoms with Gasteiger partial charge in [0.05, 0.1) is 11.6 Å². The Morgan fingerprint density at radius 1 is 1.35 bits per heavy atom. The molecule has 1 N–H and O–H groups in total. The van der Waals surface area contributed by atoms with E-state index in [1.807, 2.05) is 12.3 Å². The summed E-state index contributed by atoms with van der Waals surface area (Å²) in [5, 5.41) is 12.4. The molecular weight excluding hydrogens is 340 g/mol. The molecule has 1 aromatic carbocycles. The van der Waals surface area contributed by atoms with E-state index in [1.54, 1.807) is 0 Å². The highest BCUT2D eigenvalue weighted by Crippen LogP contribution is 2.43. The molecular formula is C22H30N2OS. The molecule has 5 rings (SSSR count). The first-order chi connectivity index (χ1) is 12.7. The summed E-state index contributed by atoms with van der Waals surface area (Å²) in [5.74, 6) is 4.11. The molecule has 26 heavy (non-hydrogen) atoms. The third-order valence-electron chi connectivity index (χ3n) is 6.39. The Balaban J connectivity index is 1.53. The van der Waals surface area contributed by atoms with Crippen molar-refractivity contribution >= 4 is 22.7 Å². The van der Waals surface area contributed by atoms with Crippen LogP contribution in [0.1, 0.15) is 43.4 Å². The fraction of sp³-hybridized carbons (Fsp3) is 0.591. The molecule has 3 fully saturated rings.